The van der Waals surface area contributed by atoms with Crippen LogP contribution in [0, 0.1) is 11.3 Å². The number of pyridine rings is 1. The number of anilines is 2. The third kappa shape index (κ3) is 5.78. The number of likely N-dealkylation sites (tertiary alicyclic amines) is 1. The van der Waals surface area contributed by atoms with E-state index < -0.39 is 17.8 Å². The van der Waals surface area contributed by atoms with Gasteiger partial charge in [0.15, 0.2) is 5.83 Å². The molecule has 0 bridgehead atoms. The minimum atomic E-state index is -1.01. The zero-order valence-corrected chi connectivity index (χ0v) is 25.5. The Balaban J connectivity index is 1.34. The molecule has 10 nitrogen and oxygen atoms in total. The summed E-state index contributed by atoms with van der Waals surface area (Å²) in [7, 11) is 2.11. The number of likely N-dealkylation sites (N-methyl/N-ethyl adjacent to an activating group) is 1. The van der Waals surface area contributed by atoms with E-state index in [0.717, 1.165) is 60.5 Å². The van der Waals surface area contributed by atoms with Gasteiger partial charge in [0.05, 0.1) is 42.7 Å². The standard InChI is InChI=1S/C33H39FN8O2/c1-4-23-7-5-8-24-17-36-18-29(30(23)24)40-14-11-27-28(20-40)37-33(44-21-26-9-6-13-39(26)3)38-31(27)41-15-16-42(32(43)22(2)34)25(19-41)10-12-35/h5,7-8,17-18,25-26H,2,4,6,9-11,13-16,19-21H2,1,3H3/t25-,26-/m0/s1. The number of hydrogen-bond donors (Lipinski definition) is 0. The normalized spacial score (nSPS) is 20.5. The van der Waals surface area contributed by atoms with E-state index in [-0.39, 0.29) is 13.0 Å². The Hall–Kier alpha value is -4.30. The Morgan fingerprint density at radius 3 is 2.77 bits per heavy atom. The van der Waals surface area contributed by atoms with E-state index in [4.69, 9.17) is 14.7 Å². The molecule has 5 heterocycles. The van der Waals surface area contributed by atoms with Gasteiger partial charge >= 0.3 is 6.01 Å². The van der Waals surface area contributed by atoms with E-state index in [0.29, 0.717) is 44.7 Å². The van der Waals surface area contributed by atoms with Gasteiger partial charge in [-0.15, -0.1) is 0 Å². The number of nitriles is 1. The van der Waals surface area contributed by atoms with Crippen LogP contribution < -0.4 is 14.5 Å². The van der Waals surface area contributed by atoms with Gasteiger partial charge in [0.2, 0.25) is 0 Å². The molecular formula is C33H39FN8O2. The number of carbonyl (C=O) groups is 1. The Kier molecular flexibility index (Phi) is 8.62. The highest BCUT2D eigenvalue weighted by molar-refractivity contribution is 5.96. The van der Waals surface area contributed by atoms with Gasteiger partial charge in [0.25, 0.3) is 5.91 Å². The first-order valence-corrected chi connectivity index (χ1v) is 15.5. The second-order valence-electron chi connectivity index (χ2n) is 11.9. The number of amides is 1. The number of aromatic nitrogens is 3. The van der Waals surface area contributed by atoms with E-state index in [1.54, 1.807) is 0 Å². The lowest BCUT2D eigenvalue weighted by Crippen LogP contribution is -2.55. The molecule has 230 valence electrons. The number of carbonyl (C=O) groups excluding carboxylic acids is 1. The molecule has 44 heavy (non-hydrogen) atoms. The lowest BCUT2D eigenvalue weighted by Gasteiger charge is -2.42. The molecule has 6 rings (SSSR count). The van der Waals surface area contributed by atoms with Crippen LogP contribution in [0.5, 0.6) is 6.01 Å². The van der Waals surface area contributed by atoms with Crippen molar-refractivity contribution in [3.8, 4) is 12.1 Å². The highest BCUT2D eigenvalue weighted by Gasteiger charge is 2.35. The van der Waals surface area contributed by atoms with Gasteiger partial charge in [-0.25, -0.2) is 4.39 Å². The SMILES string of the molecule is C=C(F)C(=O)N1CCN(c2nc(OC[C@@H]3CCCN3C)nc3c2CCN(c2cncc4cccc(CC)c24)C3)C[C@@H]1CC#N. The molecule has 2 aromatic heterocycles. The van der Waals surface area contributed by atoms with Crippen LogP contribution in [0.3, 0.4) is 0 Å². The van der Waals surface area contributed by atoms with Crippen molar-refractivity contribution in [1.29, 1.82) is 5.26 Å². The summed E-state index contributed by atoms with van der Waals surface area (Å²) in [6.07, 6.45) is 7.80. The van der Waals surface area contributed by atoms with Gasteiger partial charge in [-0.05, 0) is 44.8 Å². The average molecular weight is 599 g/mol. The van der Waals surface area contributed by atoms with E-state index in [2.05, 4.69) is 64.5 Å². The number of rotatable bonds is 8. The predicted octanol–water partition coefficient (Wildman–Crippen LogP) is 4.04. The lowest BCUT2D eigenvalue weighted by atomic mass is 9.99. The zero-order chi connectivity index (χ0) is 30.8. The third-order valence-corrected chi connectivity index (χ3v) is 9.27. The van der Waals surface area contributed by atoms with Crippen LogP contribution in [-0.2, 0) is 24.2 Å². The summed E-state index contributed by atoms with van der Waals surface area (Å²) in [5, 5.41) is 11.9. The molecule has 1 aromatic carbocycles. The highest BCUT2D eigenvalue weighted by atomic mass is 19.1. The molecule has 11 heteroatoms. The molecule has 0 unspecified atom stereocenters. The number of hydrogen-bond acceptors (Lipinski definition) is 9. The third-order valence-electron chi connectivity index (χ3n) is 9.27. The molecule has 2 saturated heterocycles. The highest BCUT2D eigenvalue weighted by Crippen LogP contribution is 2.36. The Morgan fingerprint density at radius 1 is 1.16 bits per heavy atom. The lowest BCUT2D eigenvalue weighted by molar-refractivity contribution is -0.131. The second-order valence-corrected chi connectivity index (χ2v) is 11.9. The number of fused-ring (bicyclic) bond motifs is 2. The summed E-state index contributed by atoms with van der Waals surface area (Å²) in [5.74, 6) is -1.00. The topological polar surface area (TPSA) is 102 Å². The fraction of sp³-hybridized carbons (Fsp3) is 0.485. The van der Waals surface area contributed by atoms with Gasteiger partial charge < -0.3 is 24.3 Å². The summed E-state index contributed by atoms with van der Waals surface area (Å²) in [6, 6.07) is 8.69. The Morgan fingerprint density at radius 2 is 2.02 bits per heavy atom. The first kappa shape index (κ1) is 29.8. The zero-order valence-electron chi connectivity index (χ0n) is 25.5. The minimum Gasteiger partial charge on any atom is -0.462 e. The summed E-state index contributed by atoms with van der Waals surface area (Å²) in [5.41, 5.74) is 4.31. The van der Waals surface area contributed by atoms with Crippen molar-refractivity contribution in [2.24, 2.45) is 0 Å². The van der Waals surface area contributed by atoms with Crippen molar-refractivity contribution < 1.29 is 13.9 Å². The summed E-state index contributed by atoms with van der Waals surface area (Å²) < 4.78 is 20.1. The van der Waals surface area contributed by atoms with Gasteiger partial charge in [-0.1, -0.05) is 31.7 Å². The van der Waals surface area contributed by atoms with Crippen LogP contribution in [0.25, 0.3) is 10.8 Å². The number of benzene rings is 1. The van der Waals surface area contributed by atoms with Crippen LogP contribution in [0.15, 0.2) is 43.0 Å². The minimum absolute atomic E-state index is 0.0851. The van der Waals surface area contributed by atoms with Gasteiger partial charge in [-0.3, -0.25) is 9.78 Å². The first-order chi connectivity index (χ1) is 21.4. The number of nitrogens with zero attached hydrogens (tertiary/aromatic N) is 8. The Bertz CT molecular complexity index is 1600. The van der Waals surface area contributed by atoms with Crippen LogP contribution in [0.2, 0.25) is 0 Å². The molecule has 0 aliphatic carbocycles. The maximum Gasteiger partial charge on any atom is 0.318 e. The van der Waals surface area contributed by atoms with Gasteiger partial charge in [0.1, 0.15) is 12.4 Å². The molecule has 3 aliphatic rings. The van der Waals surface area contributed by atoms with Crippen LogP contribution >= 0.6 is 0 Å². The monoisotopic (exact) mass is 598 g/mol. The summed E-state index contributed by atoms with van der Waals surface area (Å²) >= 11 is 0. The van der Waals surface area contributed by atoms with Crippen molar-refractivity contribution in [3.63, 3.8) is 0 Å². The molecule has 1 amide bonds. The smallest absolute Gasteiger partial charge is 0.318 e. The van der Waals surface area contributed by atoms with E-state index in [9.17, 15) is 14.4 Å². The van der Waals surface area contributed by atoms with E-state index in [1.807, 2.05) is 12.4 Å². The largest absolute Gasteiger partial charge is 0.462 e. The first-order valence-electron chi connectivity index (χ1n) is 15.5. The quantitative estimate of drug-likeness (QED) is 0.356. The maximum atomic E-state index is 13.8. The molecule has 3 aliphatic heterocycles. The van der Waals surface area contributed by atoms with E-state index >= 15 is 0 Å². The van der Waals surface area contributed by atoms with Gasteiger partial charge in [0, 0.05) is 54.8 Å². The molecule has 0 saturated carbocycles. The fourth-order valence-corrected chi connectivity index (χ4v) is 6.86. The van der Waals surface area contributed by atoms with Crippen LogP contribution in [0.1, 0.15) is 43.0 Å². The number of aryl methyl sites for hydroxylation is 1. The number of piperazine rings is 1. The van der Waals surface area contributed by atoms with Crippen molar-refractivity contribution in [3.05, 3.63) is 59.8 Å². The number of ether oxygens (including phenoxy) is 1. The van der Waals surface area contributed by atoms with Crippen molar-refractivity contribution >= 4 is 28.2 Å². The molecule has 0 spiro atoms. The Labute approximate surface area is 257 Å². The summed E-state index contributed by atoms with van der Waals surface area (Å²) in [4.78, 5) is 35.1. The molecule has 2 fully saturated rings. The fourth-order valence-electron chi connectivity index (χ4n) is 6.86. The molecule has 2 atom stereocenters. The number of halogens is 1. The maximum absolute atomic E-state index is 13.8. The van der Waals surface area contributed by atoms with E-state index in [1.165, 1.54) is 15.8 Å². The predicted molar refractivity (Wildman–Crippen MR) is 167 cm³/mol. The second kappa shape index (κ2) is 12.7. The van der Waals surface area contributed by atoms with Crippen molar-refractivity contribution in [1.82, 2.24) is 24.8 Å². The average Bonchev–Trinajstić information content (AvgIpc) is 3.46. The molecule has 3 aromatic rings. The van der Waals surface area contributed by atoms with Crippen molar-refractivity contribution in [2.45, 2.75) is 57.7 Å². The van der Waals surface area contributed by atoms with Crippen LogP contribution in [0.4, 0.5) is 15.9 Å². The van der Waals surface area contributed by atoms with Crippen molar-refractivity contribution in [2.75, 3.05) is 56.2 Å². The van der Waals surface area contributed by atoms with Gasteiger partial charge in [-0.2, -0.15) is 15.2 Å². The summed E-state index contributed by atoms with van der Waals surface area (Å²) in [6.45, 7) is 9.32. The molecular weight excluding hydrogens is 559 g/mol. The molecule has 0 N–H and O–H groups in total. The molecule has 0 radical (unpaired) electrons. The van der Waals surface area contributed by atoms with Crippen LogP contribution in [-0.4, -0.2) is 89.1 Å².